The lowest BCUT2D eigenvalue weighted by Gasteiger charge is -1.98. The predicted molar refractivity (Wildman–Crippen MR) is 61.9 cm³/mol. The number of benzene rings is 1. The van der Waals surface area contributed by atoms with Gasteiger partial charge in [-0.3, -0.25) is 19.7 Å². The Hall–Kier alpha value is -1.51. The first-order valence-electron chi connectivity index (χ1n) is 4.19. The van der Waals surface area contributed by atoms with Crippen LogP contribution in [-0.2, 0) is 10.1 Å². The molecule has 0 atom stereocenters. The molecule has 92 valence electrons. The predicted octanol–water partition coefficient (Wildman–Crippen LogP) is 1.43. The largest absolute Gasteiger partial charge is 0.285 e. The summed E-state index contributed by atoms with van der Waals surface area (Å²) in [5, 5.41) is 10.2. The van der Waals surface area contributed by atoms with Crippen LogP contribution in [0.4, 0.5) is 5.69 Å². The number of rotatable bonds is 4. The third kappa shape index (κ3) is 4.47. The Labute approximate surface area is 102 Å². The zero-order valence-corrected chi connectivity index (χ0v) is 9.85. The van der Waals surface area contributed by atoms with Crippen molar-refractivity contribution in [3.05, 3.63) is 39.9 Å². The third-order valence-corrected chi connectivity index (χ3v) is 2.45. The van der Waals surface area contributed by atoms with E-state index in [1.165, 1.54) is 18.2 Å². The number of nitro groups is 1. The molecule has 1 rings (SSSR count). The third-order valence-electron chi connectivity index (χ3n) is 1.66. The molecule has 0 aliphatic rings. The summed E-state index contributed by atoms with van der Waals surface area (Å²) in [6.45, 7) is 0. The van der Waals surface area contributed by atoms with Crippen molar-refractivity contribution in [3.8, 4) is 0 Å². The Bertz CT molecular complexity index is 569. The fourth-order valence-corrected chi connectivity index (χ4v) is 1.52. The summed E-state index contributed by atoms with van der Waals surface area (Å²) in [5.74, 6) is -0.894. The topological polar surface area (TPSA) is 110 Å². The van der Waals surface area contributed by atoms with Crippen molar-refractivity contribution < 1.29 is 17.9 Å². The van der Waals surface area contributed by atoms with Crippen molar-refractivity contribution in [2.45, 2.75) is 0 Å². The van der Waals surface area contributed by atoms with E-state index < -0.39 is 20.9 Å². The molecular formula is C8H7ClN2O5S. The van der Waals surface area contributed by atoms with Crippen molar-refractivity contribution in [3.63, 3.8) is 0 Å². The number of hydrogen-bond acceptors (Lipinski definition) is 5. The van der Waals surface area contributed by atoms with Gasteiger partial charge in [-0.2, -0.15) is 8.42 Å². The summed E-state index contributed by atoms with van der Waals surface area (Å²) < 4.78 is 29.3. The SMILES string of the molecule is O=[N+]([O-])c1cccc(/C(Cl)=N/CS(=O)(=O)O)c1. The summed E-state index contributed by atoms with van der Waals surface area (Å²) in [6, 6.07) is 5.23. The van der Waals surface area contributed by atoms with Crippen molar-refractivity contribution in [2.24, 2.45) is 4.99 Å². The van der Waals surface area contributed by atoms with Gasteiger partial charge >= 0.3 is 0 Å². The van der Waals surface area contributed by atoms with Crippen LogP contribution in [-0.4, -0.2) is 28.9 Å². The highest BCUT2D eigenvalue weighted by Gasteiger charge is 2.09. The Balaban J connectivity index is 3.00. The van der Waals surface area contributed by atoms with E-state index >= 15 is 0 Å². The molecule has 7 nitrogen and oxygen atoms in total. The zero-order chi connectivity index (χ0) is 13.1. The van der Waals surface area contributed by atoms with Crippen LogP contribution in [0.25, 0.3) is 0 Å². The lowest BCUT2D eigenvalue weighted by Crippen LogP contribution is -2.04. The van der Waals surface area contributed by atoms with Gasteiger partial charge in [0.1, 0.15) is 5.17 Å². The molecule has 0 spiro atoms. The van der Waals surface area contributed by atoms with Gasteiger partial charge in [0.25, 0.3) is 15.8 Å². The van der Waals surface area contributed by atoms with E-state index in [-0.39, 0.29) is 16.4 Å². The van der Waals surface area contributed by atoms with Crippen LogP contribution in [0.1, 0.15) is 5.56 Å². The fourth-order valence-electron chi connectivity index (χ4n) is 0.977. The van der Waals surface area contributed by atoms with E-state index in [0.717, 1.165) is 6.07 Å². The van der Waals surface area contributed by atoms with Crippen molar-refractivity contribution in [1.82, 2.24) is 0 Å². The van der Waals surface area contributed by atoms with Gasteiger partial charge in [0.05, 0.1) is 4.92 Å². The monoisotopic (exact) mass is 278 g/mol. The van der Waals surface area contributed by atoms with E-state index in [9.17, 15) is 18.5 Å². The number of nitrogens with zero attached hydrogens (tertiary/aromatic N) is 2. The molecule has 0 unspecified atom stereocenters. The maximum Gasteiger partial charge on any atom is 0.285 e. The minimum Gasteiger partial charge on any atom is -0.284 e. The van der Waals surface area contributed by atoms with Crippen LogP contribution in [0, 0.1) is 10.1 Å². The maximum absolute atomic E-state index is 10.5. The van der Waals surface area contributed by atoms with Gasteiger partial charge in [-0.1, -0.05) is 23.7 Å². The van der Waals surface area contributed by atoms with Crippen LogP contribution < -0.4 is 0 Å². The second-order valence-electron chi connectivity index (χ2n) is 2.97. The van der Waals surface area contributed by atoms with E-state index in [1.54, 1.807) is 0 Å². The summed E-state index contributed by atoms with van der Waals surface area (Å²) in [4.78, 5) is 13.3. The molecule has 0 saturated carbocycles. The summed E-state index contributed by atoms with van der Waals surface area (Å²) >= 11 is 5.64. The molecule has 0 aliphatic heterocycles. The van der Waals surface area contributed by atoms with Gasteiger partial charge in [0, 0.05) is 17.7 Å². The summed E-state index contributed by atoms with van der Waals surface area (Å²) in [5.41, 5.74) is 0.00669. The molecule has 1 aromatic carbocycles. The van der Waals surface area contributed by atoms with Crippen molar-refractivity contribution >= 4 is 32.6 Å². The molecule has 1 aromatic rings. The molecule has 9 heteroatoms. The van der Waals surface area contributed by atoms with Crippen LogP contribution in [0.2, 0.25) is 0 Å². The Morgan fingerprint density at radius 3 is 2.71 bits per heavy atom. The first-order chi connectivity index (χ1) is 7.79. The van der Waals surface area contributed by atoms with E-state index in [2.05, 4.69) is 4.99 Å². The molecule has 0 heterocycles. The average molecular weight is 279 g/mol. The van der Waals surface area contributed by atoms with Crippen molar-refractivity contribution in [1.29, 1.82) is 0 Å². The van der Waals surface area contributed by atoms with E-state index in [1.807, 2.05) is 0 Å². The number of aliphatic imine (C=N–C) groups is 1. The summed E-state index contributed by atoms with van der Waals surface area (Å²) in [6.07, 6.45) is 0. The number of halogens is 1. The van der Waals surface area contributed by atoms with Gasteiger partial charge in [-0.15, -0.1) is 0 Å². The lowest BCUT2D eigenvalue weighted by molar-refractivity contribution is -0.384. The van der Waals surface area contributed by atoms with Crippen LogP contribution in [0.3, 0.4) is 0 Å². The van der Waals surface area contributed by atoms with Gasteiger partial charge in [-0.25, -0.2) is 0 Å². The van der Waals surface area contributed by atoms with Gasteiger partial charge in [0.2, 0.25) is 0 Å². The van der Waals surface area contributed by atoms with Gasteiger partial charge in [-0.05, 0) is 0 Å². The maximum atomic E-state index is 10.5. The number of nitro benzene ring substituents is 1. The van der Waals surface area contributed by atoms with Gasteiger partial charge in [0.15, 0.2) is 5.88 Å². The lowest BCUT2D eigenvalue weighted by atomic mass is 10.2. The molecule has 0 aromatic heterocycles. The van der Waals surface area contributed by atoms with Crippen LogP contribution in [0.5, 0.6) is 0 Å². The highest BCUT2D eigenvalue weighted by molar-refractivity contribution is 7.85. The van der Waals surface area contributed by atoms with E-state index in [4.69, 9.17) is 16.2 Å². The fraction of sp³-hybridized carbons (Fsp3) is 0.125. The second-order valence-corrected chi connectivity index (χ2v) is 4.75. The Morgan fingerprint density at radius 1 is 1.53 bits per heavy atom. The van der Waals surface area contributed by atoms with Crippen LogP contribution in [0.15, 0.2) is 29.3 Å². The molecule has 0 radical (unpaired) electrons. The normalized spacial score (nSPS) is 12.5. The highest BCUT2D eigenvalue weighted by atomic mass is 35.5. The smallest absolute Gasteiger partial charge is 0.284 e. The summed E-state index contributed by atoms with van der Waals surface area (Å²) in [7, 11) is -4.26. The zero-order valence-electron chi connectivity index (χ0n) is 8.28. The molecule has 0 fully saturated rings. The molecular weight excluding hydrogens is 272 g/mol. The number of non-ortho nitro benzene ring substituents is 1. The quantitative estimate of drug-likeness (QED) is 0.388. The molecule has 17 heavy (non-hydrogen) atoms. The average Bonchev–Trinajstić information content (AvgIpc) is 2.25. The Morgan fingerprint density at radius 2 is 2.18 bits per heavy atom. The van der Waals surface area contributed by atoms with E-state index in [0.29, 0.717) is 0 Å². The molecule has 0 aliphatic carbocycles. The Kier molecular flexibility index (Phi) is 4.16. The molecule has 0 amide bonds. The first-order valence-corrected chi connectivity index (χ1v) is 6.18. The highest BCUT2D eigenvalue weighted by Crippen LogP contribution is 2.15. The second kappa shape index (κ2) is 5.21. The molecule has 0 saturated heterocycles. The van der Waals surface area contributed by atoms with Gasteiger partial charge < -0.3 is 0 Å². The molecule has 1 N–H and O–H groups in total. The van der Waals surface area contributed by atoms with Crippen molar-refractivity contribution in [2.75, 3.05) is 5.88 Å². The minimum atomic E-state index is -4.26. The standard InChI is InChI=1S/C8H7ClN2O5S/c9-8(10-5-17(14,15)16)6-2-1-3-7(4-6)11(12)13/h1-4H,5H2,(H,14,15,16)/b10-8-. The minimum absolute atomic E-state index is 0.192. The molecule has 0 bridgehead atoms. The number of hydrogen-bond donors (Lipinski definition) is 1. The first kappa shape index (κ1) is 13.6. The van der Waals surface area contributed by atoms with Crippen LogP contribution >= 0.6 is 11.6 Å².